The summed E-state index contributed by atoms with van der Waals surface area (Å²) in [6.45, 7) is 1.72. The highest BCUT2D eigenvalue weighted by Crippen LogP contribution is 2.07. The molecule has 0 radical (unpaired) electrons. The van der Waals surface area contributed by atoms with Gasteiger partial charge < -0.3 is 14.3 Å². The van der Waals surface area contributed by atoms with Crippen LogP contribution in [0.1, 0.15) is 6.42 Å². The van der Waals surface area contributed by atoms with Crippen molar-refractivity contribution in [3.8, 4) is 0 Å². The van der Waals surface area contributed by atoms with Crippen molar-refractivity contribution in [2.24, 2.45) is 5.92 Å². The molecule has 52 valence electrons. The smallest absolute Gasteiger partial charge is 0.146 e. The van der Waals surface area contributed by atoms with E-state index in [-0.39, 0.29) is 5.92 Å². The van der Waals surface area contributed by atoms with Crippen molar-refractivity contribution in [3.05, 3.63) is 0 Å². The molecule has 0 saturated carbocycles. The van der Waals surface area contributed by atoms with Crippen LogP contribution in [0.3, 0.4) is 0 Å². The monoisotopic (exact) mass is 130 g/mol. The van der Waals surface area contributed by atoms with Gasteiger partial charge in [-0.15, -0.1) is 0 Å². The van der Waals surface area contributed by atoms with Crippen LogP contribution in [0, 0.1) is 5.92 Å². The van der Waals surface area contributed by atoms with Gasteiger partial charge >= 0.3 is 0 Å². The molecule has 1 aliphatic heterocycles. The van der Waals surface area contributed by atoms with E-state index in [0.29, 0.717) is 26.4 Å². The molecule has 3 nitrogen and oxygen atoms in total. The van der Waals surface area contributed by atoms with Crippen LogP contribution in [0.15, 0.2) is 0 Å². The van der Waals surface area contributed by atoms with Gasteiger partial charge in [0.2, 0.25) is 0 Å². The fraction of sp³-hybridized carbons (Fsp3) is 0.833. The van der Waals surface area contributed by atoms with Gasteiger partial charge in [0.1, 0.15) is 13.1 Å². The second kappa shape index (κ2) is 3.58. The maximum atomic E-state index is 9.96. The van der Waals surface area contributed by atoms with Crippen LogP contribution in [0.2, 0.25) is 0 Å². The number of carbonyl (C=O) groups is 1. The van der Waals surface area contributed by atoms with Crippen molar-refractivity contribution in [3.63, 3.8) is 0 Å². The maximum absolute atomic E-state index is 9.96. The molecule has 0 unspecified atom stereocenters. The van der Waals surface area contributed by atoms with Gasteiger partial charge in [-0.3, -0.25) is 0 Å². The van der Waals surface area contributed by atoms with E-state index in [1.165, 1.54) is 0 Å². The molecule has 0 aromatic rings. The summed E-state index contributed by atoms with van der Waals surface area (Å²) in [4.78, 5) is 9.96. The first kappa shape index (κ1) is 6.71. The van der Waals surface area contributed by atoms with E-state index in [9.17, 15) is 4.79 Å². The Labute approximate surface area is 53.9 Å². The standard InChI is InChI=1S/C6H10O3/c7-2-1-6-3-8-5-9-4-6/h2,6H,1,3-5H2. The summed E-state index contributed by atoms with van der Waals surface area (Å²) in [6.07, 6.45) is 1.46. The van der Waals surface area contributed by atoms with Gasteiger partial charge in [0.25, 0.3) is 0 Å². The van der Waals surface area contributed by atoms with Crippen LogP contribution in [0.5, 0.6) is 0 Å². The fourth-order valence-corrected chi connectivity index (χ4v) is 0.809. The minimum atomic E-state index is 0.288. The highest BCUT2D eigenvalue weighted by atomic mass is 16.7. The van der Waals surface area contributed by atoms with E-state index in [1.54, 1.807) is 0 Å². The Hall–Kier alpha value is -0.410. The molecule has 0 amide bonds. The van der Waals surface area contributed by atoms with Crippen molar-refractivity contribution in [1.29, 1.82) is 0 Å². The first-order chi connectivity index (χ1) is 4.43. The van der Waals surface area contributed by atoms with E-state index >= 15 is 0 Å². The highest BCUT2D eigenvalue weighted by molar-refractivity contribution is 5.49. The number of aldehydes is 1. The van der Waals surface area contributed by atoms with Crippen LogP contribution >= 0.6 is 0 Å². The molecule has 0 aromatic carbocycles. The molecule has 1 fully saturated rings. The lowest BCUT2D eigenvalue weighted by Gasteiger charge is -2.19. The first-order valence-corrected chi connectivity index (χ1v) is 3.02. The third-order valence-corrected chi connectivity index (χ3v) is 1.30. The molecule has 0 N–H and O–H groups in total. The van der Waals surface area contributed by atoms with Gasteiger partial charge in [0, 0.05) is 12.3 Å². The molecule has 0 spiro atoms. The second-order valence-electron chi connectivity index (χ2n) is 2.13. The second-order valence-corrected chi connectivity index (χ2v) is 2.13. The van der Waals surface area contributed by atoms with Crippen LogP contribution in [0.4, 0.5) is 0 Å². The summed E-state index contributed by atoms with van der Waals surface area (Å²) in [5.74, 6) is 0.288. The number of carbonyl (C=O) groups excluding carboxylic acids is 1. The zero-order valence-corrected chi connectivity index (χ0v) is 5.21. The summed E-state index contributed by atoms with van der Waals surface area (Å²) in [6, 6.07) is 0. The van der Waals surface area contributed by atoms with Crippen LogP contribution in [0.25, 0.3) is 0 Å². The van der Waals surface area contributed by atoms with Gasteiger partial charge in [-0.1, -0.05) is 0 Å². The predicted molar refractivity (Wildman–Crippen MR) is 30.9 cm³/mol. The summed E-state index contributed by atoms with van der Waals surface area (Å²) >= 11 is 0. The molecule has 0 atom stereocenters. The Morgan fingerprint density at radius 2 is 2.11 bits per heavy atom. The van der Waals surface area contributed by atoms with Gasteiger partial charge in [-0.25, -0.2) is 0 Å². The minimum absolute atomic E-state index is 0.288. The Kier molecular flexibility index (Phi) is 2.67. The number of ether oxygens (including phenoxy) is 2. The lowest BCUT2D eigenvalue weighted by molar-refractivity contribution is -0.132. The SMILES string of the molecule is O=CCC1COCOC1. The van der Waals surface area contributed by atoms with E-state index in [4.69, 9.17) is 9.47 Å². The average Bonchev–Trinajstić information content (AvgIpc) is 1.91. The number of hydrogen-bond acceptors (Lipinski definition) is 3. The van der Waals surface area contributed by atoms with Gasteiger partial charge in [-0.05, 0) is 0 Å². The van der Waals surface area contributed by atoms with Gasteiger partial charge in [-0.2, -0.15) is 0 Å². The largest absolute Gasteiger partial charge is 0.355 e. The summed E-state index contributed by atoms with van der Waals surface area (Å²) in [7, 11) is 0. The average molecular weight is 130 g/mol. The van der Waals surface area contributed by atoms with Crippen LogP contribution in [-0.4, -0.2) is 26.3 Å². The summed E-state index contributed by atoms with van der Waals surface area (Å²) in [5.41, 5.74) is 0. The third kappa shape index (κ3) is 2.11. The Morgan fingerprint density at radius 1 is 1.44 bits per heavy atom. The summed E-state index contributed by atoms with van der Waals surface area (Å²) < 4.78 is 9.91. The van der Waals surface area contributed by atoms with Gasteiger partial charge in [0.05, 0.1) is 13.2 Å². The highest BCUT2D eigenvalue weighted by Gasteiger charge is 2.12. The Morgan fingerprint density at radius 3 is 2.67 bits per heavy atom. The molecule has 1 aliphatic rings. The molecule has 1 rings (SSSR count). The zero-order chi connectivity index (χ0) is 6.53. The molecule has 1 heterocycles. The lowest BCUT2D eigenvalue weighted by Crippen LogP contribution is -2.24. The molecular weight excluding hydrogens is 120 g/mol. The van der Waals surface area contributed by atoms with E-state index in [0.717, 1.165) is 6.29 Å². The molecule has 0 bridgehead atoms. The van der Waals surface area contributed by atoms with Crippen molar-refractivity contribution in [2.75, 3.05) is 20.0 Å². The molecule has 0 aliphatic carbocycles. The molecular formula is C6H10O3. The first-order valence-electron chi connectivity index (χ1n) is 3.02. The minimum Gasteiger partial charge on any atom is -0.355 e. The van der Waals surface area contributed by atoms with Crippen molar-refractivity contribution in [1.82, 2.24) is 0 Å². The van der Waals surface area contributed by atoms with Crippen molar-refractivity contribution < 1.29 is 14.3 Å². The summed E-state index contributed by atoms with van der Waals surface area (Å²) in [5, 5.41) is 0. The number of hydrogen-bond donors (Lipinski definition) is 0. The van der Waals surface area contributed by atoms with Gasteiger partial charge in [0.15, 0.2) is 0 Å². The van der Waals surface area contributed by atoms with E-state index in [1.807, 2.05) is 0 Å². The normalized spacial score (nSPS) is 21.8. The van der Waals surface area contributed by atoms with E-state index in [2.05, 4.69) is 0 Å². The van der Waals surface area contributed by atoms with Crippen LogP contribution in [-0.2, 0) is 14.3 Å². The predicted octanol–water partition coefficient (Wildman–Crippen LogP) is 0.196. The van der Waals surface area contributed by atoms with Crippen molar-refractivity contribution >= 4 is 6.29 Å². The molecule has 0 aromatic heterocycles. The Balaban J connectivity index is 2.15. The lowest BCUT2D eigenvalue weighted by atomic mass is 10.1. The number of rotatable bonds is 2. The van der Waals surface area contributed by atoms with Crippen LogP contribution < -0.4 is 0 Å². The fourth-order valence-electron chi connectivity index (χ4n) is 0.809. The van der Waals surface area contributed by atoms with E-state index < -0.39 is 0 Å². The molecule has 3 heteroatoms. The van der Waals surface area contributed by atoms with Crippen molar-refractivity contribution in [2.45, 2.75) is 6.42 Å². The molecule has 1 saturated heterocycles. The molecule has 9 heavy (non-hydrogen) atoms. The third-order valence-electron chi connectivity index (χ3n) is 1.30. The topological polar surface area (TPSA) is 35.5 Å². The Bertz CT molecular complexity index is 86.3. The maximum Gasteiger partial charge on any atom is 0.146 e. The zero-order valence-electron chi connectivity index (χ0n) is 5.21. The quantitative estimate of drug-likeness (QED) is 0.501.